The van der Waals surface area contributed by atoms with Crippen molar-refractivity contribution in [1.82, 2.24) is 15.1 Å². The van der Waals surface area contributed by atoms with Gasteiger partial charge in [-0.15, -0.1) is 0 Å². The molecule has 0 spiro atoms. The molecule has 1 heterocycles. The van der Waals surface area contributed by atoms with Crippen LogP contribution in [0.4, 0.5) is 4.39 Å². The van der Waals surface area contributed by atoms with Crippen LogP contribution in [0.3, 0.4) is 0 Å². The number of rotatable bonds is 5. The molecule has 0 aliphatic heterocycles. The second-order valence-corrected chi connectivity index (χ2v) is 4.94. The molecule has 4 heteroatoms. The number of benzene rings is 1. The highest BCUT2D eigenvalue weighted by atomic mass is 19.1. The van der Waals surface area contributed by atoms with E-state index < -0.39 is 0 Å². The van der Waals surface area contributed by atoms with Crippen LogP contribution in [0.5, 0.6) is 0 Å². The largest absolute Gasteiger partial charge is 0.313 e. The summed E-state index contributed by atoms with van der Waals surface area (Å²) >= 11 is 0. The van der Waals surface area contributed by atoms with Crippen LogP contribution in [-0.2, 0) is 13.1 Å². The summed E-state index contributed by atoms with van der Waals surface area (Å²) in [6, 6.07) is 4.99. The Kier molecular flexibility index (Phi) is 4.55. The first-order chi connectivity index (χ1) is 9.58. The fourth-order valence-electron chi connectivity index (χ4n) is 2.59. The maximum absolute atomic E-state index is 13.7. The first-order valence-corrected chi connectivity index (χ1v) is 7.12. The SMILES string of the molecule is CCNCc1ccc(F)cc1-c1c(C)nn(CC)c1C. The first kappa shape index (κ1) is 14.7. The molecule has 0 bridgehead atoms. The second-order valence-electron chi connectivity index (χ2n) is 4.94. The van der Waals surface area contributed by atoms with E-state index in [1.54, 1.807) is 6.07 Å². The minimum atomic E-state index is -0.205. The van der Waals surface area contributed by atoms with E-state index in [0.29, 0.717) is 0 Å². The number of hydrogen-bond acceptors (Lipinski definition) is 2. The zero-order valence-electron chi connectivity index (χ0n) is 12.6. The Morgan fingerprint density at radius 1 is 1.25 bits per heavy atom. The van der Waals surface area contributed by atoms with E-state index in [1.807, 2.05) is 24.6 Å². The van der Waals surface area contributed by atoms with E-state index in [4.69, 9.17) is 0 Å². The third-order valence-corrected chi connectivity index (χ3v) is 3.59. The lowest BCUT2D eigenvalue weighted by Crippen LogP contribution is -2.12. The Labute approximate surface area is 119 Å². The summed E-state index contributed by atoms with van der Waals surface area (Å²) in [5, 5.41) is 7.83. The normalized spacial score (nSPS) is 11.1. The number of aryl methyl sites for hydroxylation is 2. The van der Waals surface area contributed by atoms with Gasteiger partial charge in [-0.2, -0.15) is 5.10 Å². The molecule has 1 N–H and O–H groups in total. The molecular weight excluding hydrogens is 253 g/mol. The number of hydrogen-bond donors (Lipinski definition) is 1. The third-order valence-electron chi connectivity index (χ3n) is 3.59. The molecule has 0 atom stereocenters. The van der Waals surface area contributed by atoms with Gasteiger partial charge in [0.25, 0.3) is 0 Å². The van der Waals surface area contributed by atoms with Crippen molar-refractivity contribution in [1.29, 1.82) is 0 Å². The molecule has 0 unspecified atom stereocenters. The molecule has 3 nitrogen and oxygen atoms in total. The Morgan fingerprint density at radius 3 is 2.60 bits per heavy atom. The molecule has 0 aliphatic rings. The van der Waals surface area contributed by atoms with Crippen LogP contribution < -0.4 is 5.32 Å². The monoisotopic (exact) mass is 275 g/mol. The van der Waals surface area contributed by atoms with Crippen molar-refractivity contribution in [2.24, 2.45) is 0 Å². The lowest BCUT2D eigenvalue weighted by atomic mass is 9.97. The van der Waals surface area contributed by atoms with Crippen LogP contribution in [0, 0.1) is 19.7 Å². The first-order valence-electron chi connectivity index (χ1n) is 7.12. The van der Waals surface area contributed by atoms with Crippen LogP contribution in [-0.4, -0.2) is 16.3 Å². The number of aromatic nitrogens is 2. The van der Waals surface area contributed by atoms with Crippen molar-refractivity contribution < 1.29 is 4.39 Å². The van der Waals surface area contributed by atoms with Crippen LogP contribution in [0.15, 0.2) is 18.2 Å². The van der Waals surface area contributed by atoms with E-state index in [1.165, 1.54) is 6.07 Å². The van der Waals surface area contributed by atoms with Crippen LogP contribution in [0.25, 0.3) is 11.1 Å². The van der Waals surface area contributed by atoms with E-state index in [0.717, 1.165) is 47.7 Å². The summed E-state index contributed by atoms with van der Waals surface area (Å²) in [7, 11) is 0. The number of nitrogens with zero attached hydrogens (tertiary/aromatic N) is 2. The zero-order chi connectivity index (χ0) is 14.7. The van der Waals surface area contributed by atoms with Gasteiger partial charge in [0.05, 0.1) is 5.69 Å². The molecule has 0 saturated carbocycles. The highest BCUT2D eigenvalue weighted by Gasteiger charge is 2.16. The van der Waals surface area contributed by atoms with E-state index in [2.05, 4.69) is 24.3 Å². The topological polar surface area (TPSA) is 29.9 Å². The molecule has 20 heavy (non-hydrogen) atoms. The van der Waals surface area contributed by atoms with Crippen molar-refractivity contribution in [3.8, 4) is 11.1 Å². The van der Waals surface area contributed by atoms with Crippen molar-refractivity contribution >= 4 is 0 Å². The van der Waals surface area contributed by atoms with Crippen molar-refractivity contribution in [3.05, 3.63) is 41.0 Å². The Balaban J connectivity index is 2.56. The van der Waals surface area contributed by atoms with Gasteiger partial charge in [0.2, 0.25) is 0 Å². The fourth-order valence-corrected chi connectivity index (χ4v) is 2.59. The van der Waals surface area contributed by atoms with Crippen LogP contribution in [0.1, 0.15) is 30.8 Å². The minimum absolute atomic E-state index is 0.205. The van der Waals surface area contributed by atoms with E-state index in [9.17, 15) is 4.39 Å². The summed E-state index contributed by atoms with van der Waals surface area (Å²) in [5.74, 6) is -0.205. The van der Waals surface area contributed by atoms with Gasteiger partial charge in [0, 0.05) is 24.3 Å². The predicted molar refractivity (Wildman–Crippen MR) is 80.1 cm³/mol. The van der Waals surface area contributed by atoms with Gasteiger partial charge in [-0.05, 0) is 50.6 Å². The van der Waals surface area contributed by atoms with Crippen molar-refractivity contribution in [2.45, 2.75) is 40.8 Å². The molecule has 2 aromatic rings. The smallest absolute Gasteiger partial charge is 0.123 e. The quantitative estimate of drug-likeness (QED) is 0.906. The lowest BCUT2D eigenvalue weighted by Gasteiger charge is -2.11. The van der Waals surface area contributed by atoms with Gasteiger partial charge in [-0.25, -0.2) is 4.39 Å². The fraction of sp³-hybridized carbons (Fsp3) is 0.438. The second kappa shape index (κ2) is 6.18. The molecule has 108 valence electrons. The lowest BCUT2D eigenvalue weighted by molar-refractivity contribution is 0.626. The molecule has 0 aliphatic carbocycles. The number of nitrogens with one attached hydrogen (secondary N) is 1. The molecular formula is C16H22FN3. The van der Waals surface area contributed by atoms with Gasteiger partial charge < -0.3 is 5.32 Å². The van der Waals surface area contributed by atoms with Crippen LogP contribution in [0.2, 0.25) is 0 Å². The van der Waals surface area contributed by atoms with Crippen molar-refractivity contribution in [2.75, 3.05) is 6.54 Å². The van der Waals surface area contributed by atoms with Crippen LogP contribution >= 0.6 is 0 Å². The highest BCUT2D eigenvalue weighted by molar-refractivity contribution is 5.72. The number of halogens is 1. The summed E-state index contributed by atoms with van der Waals surface area (Å²) in [6.45, 7) is 10.6. The van der Waals surface area contributed by atoms with E-state index in [-0.39, 0.29) is 5.82 Å². The summed E-state index contributed by atoms with van der Waals surface area (Å²) in [6.07, 6.45) is 0. The minimum Gasteiger partial charge on any atom is -0.313 e. The summed E-state index contributed by atoms with van der Waals surface area (Å²) in [4.78, 5) is 0. The van der Waals surface area contributed by atoms with Gasteiger partial charge in [0.15, 0.2) is 0 Å². The average Bonchev–Trinajstić information content (AvgIpc) is 2.72. The van der Waals surface area contributed by atoms with Gasteiger partial charge in [0.1, 0.15) is 5.82 Å². The third kappa shape index (κ3) is 2.75. The Hall–Kier alpha value is -1.68. The molecule has 0 radical (unpaired) electrons. The molecule has 1 aromatic heterocycles. The van der Waals surface area contributed by atoms with Crippen molar-refractivity contribution in [3.63, 3.8) is 0 Å². The van der Waals surface area contributed by atoms with Gasteiger partial charge in [-0.1, -0.05) is 13.0 Å². The predicted octanol–water partition coefficient (Wildman–Crippen LogP) is 3.44. The maximum atomic E-state index is 13.7. The molecule has 2 rings (SSSR count). The summed E-state index contributed by atoms with van der Waals surface area (Å²) < 4.78 is 15.6. The average molecular weight is 275 g/mol. The van der Waals surface area contributed by atoms with Gasteiger partial charge >= 0.3 is 0 Å². The zero-order valence-corrected chi connectivity index (χ0v) is 12.6. The Morgan fingerprint density at radius 2 is 2.00 bits per heavy atom. The summed E-state index contributed by atoms with van der Waals surface area (Å²) in [5.41, 5.74) is 5.15. The molecule has 1 aromatic carbocycles. The molecule has 0 saturated heterocycles. The van der Waals surface area contributed by atoms with Gasteiger partial charge in [-0.3, -0.25) is 4.68 Å². The standard InChI is InChI=1S/C16H22FN3/c1-5-18-10-13-7-8-14(17)9-15(13)16-11(3)19-20(6-2)12(16)4/h7-9,18H,5-6,10H2,1-4H3. The maximum Gasteiger partial charge on any atom is 0.123 e. The molecule has 0 fully saturated rings. The highest BCUT2D eigenvalue weighted by Crippen LogP contribution is 2.30. The van der Waals surface area contributed by atoms with E-state index >= 15 is 0 Å². The molecule has 0 amide bonds. The Bertz CT molecular complexity index is 602.